The minimum Gasteiger partial charge on any atom is -0.478 e. The van der Waals surface area contributed by atoms with E-state index in [4.69, 9.17) is 5.11 Å². The molecule has 1 aliphatic heterocycles. The average molecular weight is 307 g/mol. The van der Waals surface area contributed by atoms with E-state index in [-0.39, 0.29) is 0 Å². The molecule has 114 valence electrons. The van der Waals surface area contributed by atoms with E-state index in [9.17, 15) is 14.4 Å². The molecule has 1 amide bonds. The monoisotopic (exact) mass is 307 g/mol. The quantitative estimate of drug-likeness (QED) is 0.695. The number of fused-ring (bicyclic) bond motifs is 1. The van der Waals surface area contributed by atoms with Crippen LogP contribution >= 0.6 is 0 Å². The van der Waals surface area contributed by atoms with Crippen LogP contribution in [0.25, 0.3) is 6.08 Å². The number of hydrogen-bond acceptors (Lipinski definition) is 3. The van der Waals surface area contributed by atoms with Gasteiger partial charge in [-0.1, -0.05) is 36.4 Å². The molecule has 0 fully saturated rings. The number of hydrogen-bond donors (Lipinski definition) is 1. The maximum atomic E-state index is 12.2. The zero-order valence-electron chi connectivity index (χ0n) is 12.1. The van der Waals surface area contributed by atoms with Gasteiger partial charge in [0.25, 0.3) is 11.7 Å². The first-order valence-electron chi connectivity index (χ1n) is 7.01. The summed E-state index contributed by atoms with van der Waals surface area (Å²) < 4.78 is 0. The minimum atomic E-state index is -1.07. The molecule has 1 aliphatic rings. The molecule has 1 N–H and O–H groups in total. The van der Waals surface area contributed by atoms with Gasteiger partial charge in [0.15, 0.2) is 0 Å². The van der Waals surface area contributed by atoms with Crippen LogP contribution in [-0.4, -0.2) is 22.8 Å². The molecule has 0 saturated carbocycles. The Bertz CT molecular complexity index is 824. The molecule has 0 aliphatic carbocycles. The van der Waals surface area contributed by atoms with Gasteiger partial charge >= 0.3 is 5.97 Å². The summed E-state index contributed by atoms with van der Waals surface area (Å²) in [6, 6.07) is 14.3. The summed E-state index contributed by atoms with van der Waals surface area (Å²) in [4.78, 5) is 36.4. The van der Waals surface area contributed by atoms with Gasteiger partial charge in [0.2, 0.25) is 0 Å². The smallest absolute Gasteiger partial charge is 0.328 e. The Hall–Kier alpha value is -3.21. The van der Waals surface area contributed by atoms with E-state index in [0.29, 0.717) is 23.4 Å². The highest BCUT2D eigenvalue weighted by atomic mass is 16.4. The summed E-state index contributed by atoms with van der Waals surface area (Å²) in [5, 5.41) is 8.65. The van der Waals surface area contributed by atoms with Crippen LogP contribution in [0.5, 0.6) is 0 Å². The Morgan fingerprint density at radius 3 is 2.52 bits per heavy atom. The van der Waals surface area contributed by atoms with Crippen LogP contribution in [0, 0.1) is 0 Å². The van der Waals surface area contributed by atoms with Crippen molar-refractivity contribution in [1.29, 1.82) is 0 Å². The number of carbonyl (C=O) groups excluding carboxylic acids is 2. The van der Waals surface area contributed by atoms with Gasteiger partial charge in [-0.05, 0) is 29.3 Å². The molecule has 0 aromatic heterocycles. The molecule has 2 aromatic rings. The first kappa shape index (κ1) is 14.7. The van der Waals surface area contributed by atoms with Crippen molar-refractivity contribution in [2.75, 3.05) is 4.90 Å². The lowest BCUT2D eigenvalue weighted by molar-refractivity contribution is -0.131. The molecule has 23 heavy (non-hydrogen) atoms. The standard InChI is InChI=1S/C18H13NO4/c20-16(21)9-7-12-6-8-15-14(10-12)17(22)18(23)19(15)11-13-4-2-1-3-5-13/h1-10H,11H2,(H,20,21)/b9-7+. The van der Waals surface area contributed by atoms with E-state index in [1.165, 1.54) is 11.0 Å². The van der Waals surface area contributed by atoms with Gasteiger partial charge in [0.05, 0.1) is 17.8 Å². The molecule has 0 bridgehead atoms. The summed E-state index contributed by atoms with van der Waals surface area (Å²) in [6.07, 6.45) is 2.38. The minimum absolute atomic E-state index is 0.304. The highest BCUT2D eigenvalue weighted by Crippen LogP contribution is 2.31. The third kappa shape index (κ3) is 2.89. The zero-order valence-corrected chi connectivity index (χ0v) is 12.1. The first-order valence-corrected chi connectivity index (χ1v) is 7.01. The molecule has 2 aromatic carbocycles. The number of benzene rings is 2. The Morgan fingerprint density at radius 1 is 1.09 bits per heavy atom. The highest BCUT2D eigenvalue weighted by molar-refractivity contribution is 6.52. The predicted molar refractivity (Wildman–Crippen MR) is 85.1 cm³/mol. The molecule has 5 nitrogen and oxygen atoms in total. The normalized spacial score (nSPS) is 13.7. The van der Waals surface area contributed by atoms with Crippen molar-refractivity contribution in [1.82, 2.24) is 0 Å². The summed E-state index contributed by atoms with van der Waals surface area (Å²) in [5.41, 5.74) is 2.35. The van der Waals surface area contributed by atoms with E-state index in [1.807, 2.05) is 30.3 Å². The van der Waals surface area contributed by atoms with Crippen LogP contribution in [0.3, 0.4) is 0 Å². The molecule has 5 heteroatoms. The van der Waals surface area contributed by atoms with Crippen molar-refractivity contribution in [3.63, 3.8) is 0 Å². The van der Waals surface area contributed by atoms with Crippen LogP contribution in [0.4, 0.5) is 5.69 Å². The number of carboxylic acids is 1. The van der Waals surface area contributed by atoms with Crippen LogP contribution in [-0.2, 0) is 16.1 Å². The fourth-order valence-electron chi connectivity index (χ4n) is 2.51. The number of nitrogens with zero attached hydrogens (tertiary/aromatic N) is 1. The van der Waals surface area contributed by atoms with Gasteiger partial charge in [-0.2, -0.15) is 0 Å². The van der Waals surface area contributed by atoms with Crippen LogP contribution in [0.2, 0.25) is 0 Å². The van der Waals surface area contributed by atoms with Gasteiger partial charge in [0.1, 0.15) is 0 Å². The second-order valence-corrected chi connectivity index (χ2v) is 5.15. The molecular weight excluding hydrogens is 294 g/mol. The maximum absolute atomic E-state index is 12.2. The van der Waals surface area contributed by atoms with E-state index in [0.717, 1.165) is 11.6 Å². The Labute approximate surface area is 132 Å². The van der Waals surface area contributed by atoms with Crippen molar-refractivity contribution < 1.29 is 19.5 Å². The lowest BCUT2D eigenvalue weighted by atomic mass is 10.1. The molecule has 0 saturated heterocycles. The van der Waals surface area contributed by atoms with Gasteiger partial charge < -0.3 is 10.0 Å². The van der Waals surface area contributed by atoms with E-state index in [1.54, 1.807) is 18.2 Å². The number of aliphatic carboxylic acids is 1. The van der Waals surface area contributed by atoms with Crippen molar-refractivity contribution in [2.24, 2.45) is 0 Å². The summed E-state index contributed by atoms with van der Waals surface area (Å²) in [5.74, 6) is -2.21. The van der Waals surface area contributed by atoms with Gasteiger partial charge in [-0.15, -0.1) is 0 Å². The van der Waals surface area contributed by atoms with E-state index in [2.05, 4.69) is 0 Å². The average Bonchev–Trinajstić information content (AvgIpc) is 2.79. The van der Waals surface area contributed by atoms with E-state index >= 15 is 0 Å². The maximum Gasteiger partial charge on any atom is 0.328 e. The van der Waals surface area contributed by atoms with Crippen LogP contribution < -0.4 is 4.90 Å². The van der Waals surface area contributed by atoms with Crippen LogP contribution in [0.15, 0.2) is 54.6 Å². The van der Waals surface area contributed by atoms with Crippen molar-refractivity contribution in [3.05, 3.63) is 71.3 Å². The zero-order chi connectivity index (χ0) is 16.4. The van der Waals surface area contributed by atoms with Gasteiger partial charge in [-0.25, -0.2) is 4.79 Å². The molecular formula is C18H13NO4. The van der Waals surface area contributed by atoms with E-state index < -0.39 is 17.7 Å². The number of anilines is 1. The lowest BCUT2D eigenvalue weighted by Gasteiger charge is -2.16. The first-order chi connectivity index (χ1) is 11.1. The predicted octanol–water partition coefficient (Wildman–Crippen LogP) is 2.51. The lowest BCUT2D eigenvalue weighted by Crippen LogP contribution is -2.29. The fourth-order valence-corrected chi connectivity index (χ4v) is 2.51. The molecule has 0 atom stereocenters. The third-order valence-electron chi connectivity index (χ3n) is 3.60. The fraction of sp³-hybridized carbons (Fsp3) is 0.0556. The van der Waals surface area contributed by atoms with Gasteiger partial charge in [0, 0.05) is 6.08 Å². The molecule has 0 radical (unpaired) electrons. The summed E-state index contributed by atoms with van der Waals surface area (Å²) in [6.45, 7) is 0.322. The third-order valence-corrected chi connectivity index (χ3v) is 3.60. The SMILES string of the molecule is O=C(O)/C=C/c1ccc2c(c1)C(=O)C(=O)N2Cc1ccccc1. The van der Waals surface area contributed by atoms with Gasteiger partial charge in [-0.3, -0.25) is 9.59 Å². The number of ketones is 1. The number of amides is 1. The second-order valence-electron chi connectivity index (χ2n) is 5.15. The Kier molecular flexibility index (Phi) is 3.76. The highest BCUT2D eigenvalue weighted by Gasteiger charge is 2.35. The largest absolute Gasteiger partial charge is 0.478 e. The number of Topliss-reactive ketones (excluding diaryl/α,β-unsaturated/α-hetero) is 1. The molecule has 3 rings (SSSR count). The number of rotatable bonds is 4. The van der Waals surface area contributed by atoms with Crippen molar-refractivity contribution >= 4 is 29.4 Å². The Balaban J connectivity index is 1.94. The molecule has 0 unspecified atom stereocenters. The second kappa shape index (κ2) is 5.88. The molecule has 1 heterocycles. The summed E-state index contributed by atoms with van der Waals surface area (Å²) in [7, 11) is 0. The number of carbonyl (C=O) groups is 3. The summed E-state index contributed by atoms with van der Waals surface area (Å²) >= 11 is 0. The topological polar surface area (TPSA) is 74.7 Å². The van der Waals surface area contributed by atoms with Crippen molar-refractivity contribution in [2.45, 2.75) is 6.54 Å². The van der Waals surface area contributed by atoms with Crippen LogP contribution in [0.1, 0.15) is 21.5 Å². The molecule has 0 spiro atoms. The number of carboxylic acid groups (broad SMARTS) is 1. The Morgan fingerprint density at radius 2 is 1.83 bits per heavy atom. The van der Waals surface area contributed by atoms with Crippen molar-refractivity contribution in [3.8, 4) is 0 Å².